The van der Waals surface area contributed by atoms with Crippen LogP contribution >= 0.6 is 0 Å². The Morgan fingerprint density at radius 3 is 2.77 bits per heavy atom. The van der Waals surface area contributed by atoms with E-state index in [1.807, 2.05) is 23.9 Å². The zero-order chi connectivity index (χ0) is 9.42. The Morgan fingerprint density at radius 1 is 1.23 bits per heavy atom. The Kier molecular flexibility index (Phi) is 1.69. The molecular formula is C11H12NO+. The van der Waals surface area contributed by atoms with E-state index in [1.54, 1.807) is 12.1 Å². The van der Waals surface area contributed by atoms with Crippen LogP contribution in [0.1, 0.15) is 5.56 Å². The molecule has 0 radical (unpaired) electrons. The summed E-state index contributed by atoms with van der Waals surface area (Å²) in [5.41, 5.74) is 2.29. The van der Waals surface area contributed by atoms with Crippen LogP contribution in [0.4, 0.5) is 0 Å². The molecule has 2 nitrogen and oxygen atoms in total. The molecule has 0 bridgehead atoms. The normalized spacial score (nSPS) is 10.6. The molecule has 2 aromatic rings. The van der Waals surface area contributed by atoms with E-state index in [0.717, 1.165) is 5.52 Å². The summed E-state index contributed by atoms with van der Waals surface area (Å²) in [6.45, 7) is 2.07. The fourth-order valence-corrected chi connectivity index (χ4v) is 1.54. The number of aromatic nitrogens is 1. The van der Waals surface area contributed by atoms with Crippen LogP contribution in [0.15, 0.2) is 30.5 Å². The van der Waals surface area contributed by atoms with E-state index in [1.165, 1.54) is 10.9 Å². The lowest BCUT2D eigenvalue weighted by Gasteiger charge is -2.00. The van der Waals surface area contributed by atoms with Crippen molar-refractivity contribution in [3.05, 3.63) is 36.0 Å². The third-order valence-electron chi connectivity index (χ3n) is 2.33. The topological polar surface area (TPSA) is 24.1 Å². The number of benzene rings is 1. The van der Waals surface area contributed by atoms with Crippen molar-refractivity contribution in [1.82, 2.24) is 0 Å². The SMILES string of the molecule is Cc1cc[n+](C)c2cc(O)ccc12. The molecule has 0 saturated heterocycles. The number of rotatable bonds is 0. The van der Waals surface area contributed by atoms with Gasteiger partial charge in [-0.1, -0.05) is 0 Å². The summed E-state index contributed by atoms with van der Waals surface area (Å²) in [6.07, 6.45) is 2.00. The average Bonchev–Trinajstić information content (AvgIpc) is 2.12. The van der Waals surface area contributed by atoms with Crippen LogP contribution in [0, 0.1) is 6.92 Å². The summed E-state index contributed by atoms with van der Waals surface area (Å²) in [5, 5.41) is 10.5. The van der Waals surface area contributed by atoms with Crippen molar-refractivity contribution in [1.29, 1.82) is 0 Å². The zero-order valence-electron chi connectivity index (χ0n) is 7.78. The minimum atomic E-state index is 0.314. The quantitative estimate of drug-likeness (QED) is 0.604. The molecule has 1 aromatic carbocycles. The van der Waals surface area contributed by atoms with Gasteiger partial charge in [0, 0.05) is 11.5 Å². The van der Waals surface area contributed by atoms with Crippen molar-refractivity contribution >= 4 is 10.9 Å². The first-order chi connectivity index (χ1) is 6.18. The highest BCUT2D eigenvalue weighted by Crippen LogP contribution is 2.19. The van der Waals surface area contributed by atoms with Gasteiger partial charge in [0.2, 0.25) is 5.52 Å². The molecule has 0 aliphatic rings. The van der Waals surface area contributed by atoms with Gasteiger partial charge in [-0.15, -0.1) is 0 Å². The smallest absolute Gasteiger partial charge is 0.216 e. The summed E-state index contributed by atoms with van der Waals surface area (Å²) in [7, 11) is 1.97. The monoisotopic (exact) mass is 174 g/mol. The molecule has 2 rings (SSSR count). The fraction of sp³-hybridized carbons (Fsp3) is 0.182. The maximum absolute atomic E-state index is 9.33. The van der Waals surface area contributed by atoms with E-state index in [2.05, 4.69) is 13.0 Å². The first-order valence-corrected chi connectivity index (χ1v) is 4.26. The fourth-order valence-electron chi connectivity index (χ4n) is 1.54. The molecule has 0 atom stereocenters. The molecule has 2 heteroatoms. The zero-order valence-corrected chi connectivity index (χ0v) is 7.78. The summed E-state index contributed by atoms with van der Waals surface area (Å²) < 4.78 is 2.00. The summed E-state index contributed by atoms with van der Waals surface area (Å²) in [4.78, 5) is 0. The molecule has 0 unspecified atom stereocenters. The van der Waals surface area contributed by atoms with Crippen molar-refractivity contribution in [2.45, 2.75) is 6.92 Å². The predicted octanol–water partition coefficient (Wildman–Crippen LogP) is 1.68. The van der Waals surface area contributed by atoms with E-state index >= 15 is 0 Å². The van der Waals surface area contributed by atoms with E-state index < -0.39 is 0 Å². The van der Waals surface area contributed by atoms with Crippen LogP contribution in [-0.4, -0.2) is 5.11 Å². The molecule has 0 amide bonds. The molecule has 0 aliphatic heterocycles. The molecule has 66 valence electrons. The van der Waals surface area contributed by atoms with Gasteiger partial charge in [-0.25, -0.2) is 4.57 Å². The van der Waals surface area contributed by atoms with Crippen LogP contribution in [0.25, 0.3) is 10.9 Å². The lowest BCUT2D eigenvalue weighted by Crippen LogP contribution is -2.28. The van der Waals surface area contributed by atoms with Gasteiger partial charge < -0.3 is 5.11 Å². The summed E-state index contributed by atoms with van der Waals surface area (Å²) in [5.74, 6) is 0.314. The Hall–Kier alpha value is -1.57. The standard InChI is InChI=1S/C11H11NO/c1-8-5-6-12(2)11-7-9(13)3-4-10(8)11/h3-7H,1-2H3/p+1. The van der Waals surface area contributed by atoms with Gasteiger partial charge >= 0.3 is 0 Å². The Bertz CT molecular complexity index is 463. The second-order valence-corrected chi connectivity index (χ2v) is 3.31. The second-order valence-electron chi connectivity index (χ2n) is 3.31. The van der Waals surface area contributed by atoms with Gasteiger partial charge in [0.25, 0.3) is 0 Å². The van der Waals surface area contributed by atoms with E-state index in [9.17, 15) is 5.11 Å². The molecule has 0 aliphatic carbocycles. The molecule has 0 spiro atoms. The van der Waals surface area contributed by atoms with E-state index in [-0.39, 0.29) is 0 Å². The highest BCUT2D eigenvalue weighted by molar-refractivity contribution is 5.80. The molecule has 1 heterocycles. The molecular weight excluding hydrogens is 162 g/mol. The Balaban J connectivity index is 2.92. The molecule has 1 aromatic heterocycles. The van der Waals surface area contributed by atoms with Crippen LogP contribution < -0.4 is 4.57 Å². The van der Waals surface area contributed by atoms with Crippen molar-refractivity contribution in [3.63, 3.8) is 0 Å². The minimum absolute atomic E-state index is 0.314. The van der Waals surface area contributed by atoms with E-state index in [0.29, 0.717) is 5.75 Å². The van der Waals surface area contributed by atoms with Crippen LogP contribution in [0.2, 0.25) is 0 Å². The van der Waals surface area contributed by atoms with Crippen LogP contribution in [-0.2, 0) is 7.05 Å². The average molecular weight is 174 g/mol. The van der Waals surface area contributed by atoms with Gasteiger partial charge in [-0.05, 0) is 24.6 Å². The number of hydrogen-bond acceptors (Lipinski definition) is 1. The maximum Gasteiger partial charge on any atom is 0.216 e. The first-order valence-electron chi connectivity index (χ1n) is 4.26. The second kappa shape index (κ2) is 2.73. The lowest BCUT2D eigenvalue weighted by molar-refractivity contribution is -0.644. The number of nitrogens with zero attached hydrogens (tertiary/aromatic N) is 1. The van der Waals surface area contributed by atoms with Crippen molar-refractivity contribution in [2.75, 3.05) is 0 Å². The van der Waals surface area contributed by atoms with Crippen LogP contribution in [0.3, 0.4) is 0 Å². The largest absolute Gasteiger partial charge is 0.508 e. The number of fused-ring (bicyclic) bond motifs is 1. The van der Waals surface area contributed by atoms with Crippen LogP contribution in [0.5, 0.6) is 5.75 Å². The number of hydrogen-bond donors (Lipinski definition) is 1. The van der Waals surface area contributed by atoms with E-state index in [4.69, 9.17) is 0 Å². The highest BCUT2D eigenvalue weighted by Gasteiger charge is 2.06. The van der Waals surface area contributed by atoms with Crippen molar-refractivity contribution in [2.24, 2.45) is 7.05 Å². The maximum atomic E-state index is 9.33. The van der Waals surface area contributed by atoms with Gasteiger partial charge in [0.1, 0.15) is 12.8 Å². The van der Waals surface area contributed by atoms with Gasteiger partial charge in [-0.3, -0.25) is 0 Å². The minimum Gasteiger partial charge on any atom is -0.508 e. The molecule has 13 heavy (non-hydrogen) atoms. The molecule has 0 saturated carbocycles. The number of aryl methyl sites for hydroxylation is 2. The van der Waals surface area contributed by atoms with Crippen molar-refractivity contribution in [3.8, 4) is 5.75 Å². The highest BCUT2D eigenvalue weighted by atomic mass is 16.3. The number of phenols is 1. The third kappa shape index (κ3) is 1.24. The Labute approximate surface area is 77.1 Å². The number of phenolic OH excluding ortho intramolecular Hbond substituents is 1. The van der Waals surface area contributed by atoms with Crippen molar-refractivity contribution < 1.29 is 9.67 Å². The lowest BCUT2D eigenvalue weighted by atomic mass is 10.1. The molecule has 0 fully saturated rings. The van der Waals surface area contributed by atoms with Gasteiger partial charge in [-0.2, -0.15) is 0 Å². The first kappa shape index (κ1) is 8.05. The summed E-state index contributed by atoms with van der Waals surface area (Å²) >= 11 is 0. The number of pyridine rings is 1. The molecule has 1 N–H and O–H groups in total. The number of aromatic hydroxyl groups is 1. The predicted molar refractivity (Wildman–Crippen MR) is 51.5 cm³/mol. The Morgan fingerprint density at radius 2 is 2.00 bits per heavy atom. The van der Waals surface area contributed by atoms with Gasteiger partial charge in [0.15, 0.2) is 6.20 Å². The third-order valence-corrected chi connectivity index (χ3v) is 2.33. The summed E-state index contributed by atoms with van der Waals surface area (Å²) in [6, 6.07) is 7.51. The van der Waals surface area contributed by atoms with Gasteiger partial charge in [0.05, 0.1) is 6.07 Å².